The topological polar surface area (TPSA) is 192 Å². The molecule has 19 heteroatoms. The molecule has 90 heavy (non-hydrogen) atoms. The summed E-state index contributed by atoms with van der Waals surface area (Å²) in [4.78, 5) is 92.7. The number of amides is 6. The molecule has 4 aliphatic heterocycles. The smallest absolute Gasteiger partial charge is 0.264 e. The van der Waals surface area contributed by atoms with Gasteiger partial charge in [0.15, 0.2) is 23.0 Å². The van der Waals surface area contributed by atoms with E-state index in [-0.39, 0.29) is 48.1 Å². The van der Waals surface area contributed by atoms with Gasteiger partial charge in [-0.1, -0.05) is 91.9 Å². The number of hydrogen-bond acceptors (Lipinski definition) is 15. The third kappa shape index (κ3) is 14.8. The zero-order valence-corrected chi connectivity index (χ0v) is 53.2. The summed E-state index contributed by atoms with van der Waals surface area (Å²) in [5, 5.41) is 5.78. The lowest BCUT2D eigenvalue weighted by Gasteiger charge is -2.39. The second-order valence-electron chi connectivity index (χ2n) is 23.0. The number of imide groups is 2. The molecule has 6 amide bonds. The Kier molecular flexibility index (Phi) is 22.7. The number of anilines is 2. The lowest BCUT2D eigenvalue weighted by Crippen LogP contribution is -2.47. The Morgan fingerprint density at radius 2 is 0.856 bits per heavy atom. The van der Waals surface area contributed by atoms with Crippen LogP contribution in [0.25, 0.3) is 0 Å². The number of carbonyl (C=O) groups excluding carboxylic acids is 6. The number of nitrogens with zero attached hydrogens (tertiary/aromatic N) is 6. The Hall–Kier alpha value is -8.78. The molecule has 0 bridgehead atoms. The van der Waals surface area contributed by atoms with E-state index in [1.807, 2.05) is 67.6 Å². The van der Waals surface area contributed by atoms with Gasteiger partial charge in [-0.15, -0.1) is 0 Å². The summed E-state index contributed by atoms with van der Waals surface area (Å²) in [6.45, 7) is 13.6. The Balaban J connectivity index is 0.000000213. The van der Waals surface area contributed by atoms with E-state index in [4.69, 9.17) is 23.7 Å². The minimum Gasteiger partial charge on any atom is -0.493 e. The molecule has 6 aromatic rings. The Bertz CT molecular complexity index is 3230. The quantitative estimate of drug-likeness (QED) is 0.0385. The van der Waals surface area contributed by atoms with Gasteiger partial charge < -0.3 is 44.1 Å². The summed E-state index contributed by atoms with van der Waals surface area (Å²) in [6, 6.07) is 42.5. The van der Waals surface area contributed by atoms with Crippen LogP contribution < -0.4 is 39.4 Å². The van der Waals surface area contributed by atoms with Gasteiger partial charge in [0, 0.05) is 91.1 Å². The second kappa shape index (κ2) is 31.1. The molecular formula is C71H86N8O11. The molecule has 2 fully saturated rings. The predicted octanol–water partition coefficient (Wildman–Crippen LogP) is 10.1. The van der Waals surface area contributed by atoms with Gasteiger partial charge in [0.05, 0.1) is 74.2 Å². The lowest BCUT2D eigenvalue weighted by molar-refractivity contribution is -0.124. The fourth-order valence-corrected chi connectivity index (χ4v) is 12.8. The second-order valence-corrected chi connectivity index (χ2v) is 23.0. The standard InChI is InChI=1S/C36H44N4O5.C35H42N4O6/c1-5-11-33(41)37-19-10-16-29(27-17-18-31(44-3)32(24-27)45-4)40-35(42)28-14-9-15-30(34(28)36(40)43)39-22-20-38(21-23-39)25(2)26-12-7-6-8-13-26;1-24(25-10-6-5-7-11-25)37-18-20-38(21-19-37)29-13-8-12-27-33(29)35(42)39(34(27)41)28(14-9-17-36-32(40)23-43-2)26-15-16-30(44-3)31(22-26)45-4/h6-9,12-15,17-18,24-25,29H,5,10-11,16,19-23H2,1-4H3,(H,37,41);5-8,10-13,15-16,22,24,28H,9,14,17-21,23H2,1-4H3,(H,36,40)/t25-,29-;24-,28-/m11/s1. The number of piperazine rings is 2. The maximum absolute atomic E-state index is 14.3. The van der Waals surface area contributed by atoms with Crippen LogP contribution in [-0.2, 0) is 14.3 Å². The summed E-state index contributed by atoms with van der Waals surface area (Å²) in [5.74, 6) is 0.709. The van der Waals surface area contributed by atoms with Gasteiger partial charge in [-0.05, 0) is 117 Å². The third-order valence-corrected chi connectivity index (χ3v) is 17.7. The number of nitrogens with one attached hydrogen (secondary N) is 2. The third-order valence-electron chi connectivity index (χ3n) is 17.7. The van der Waals surface area contributed by atoms with Crippen LogP contribution >= 0.6 is 0 Å². The van der Waals surface area contributed by atoms with Crippen LogP contribution in [0.4, 0.5) is 11.4 Å². The van der Waals surface area contributed by atoms with Crippen molar-refractivity contribution in [2.45, 2.75) is 83.5 Å². The largest absolute Gasteiger partial charge is 0.493 e. The Morgan fingerprint density at radius 1 is 0.456 bits per heavy atom. The summed E-state index contributed by atoms with van der Waals surface area (Å²) in [7, 11) is 7.72. The van der Waals surface area contributed by atoms with Gasteiger partial charge in [0.25, 0.3) is 23.6 Å². The molecule has 0 aliphatic carbocycles. The molecule has 4 heterocycles. The van der Waals surface area contributed by atoms with Crippen molar-refractivity contribution in [3.8, 4) is 23.0 Å². The van der Waals surface area contributed by atoms with Gasteiger partial charge in [0.2, 0.25) is 11.8 Å². The van der Waals surface area contributed by atoms with E-state index in [0.29, 0.717) is 96.5 Å². The van der Waals surface area contributed by atoms with Crippen molar-refractivity contribution < 1.29 is 52.5 Å². The number of methoxy groups -OCH3 is 5. The van der Waals surface area contributed by atoms with Crippen LogP contribution in [0.15, 0.2) is 133 Å². The van der Waals surface area contributed by atoms with Crippen molar-refractivity contribution in [2.75, 3.05) is 117 Å². The number of benzene rings is 6. The molecule has 4 aliphatic rings. The highest BCUT2D eigenvalue weighted by Gasteiger charge is 2.45. The average molecular weight is 1230 g/mol. The first kappa shape index (κ1) is 65.7. The summed E-state index contributed by atoms with van der Waals surface area (Å²) in [5.41, 5.74) is 7.44. The molecule has 0 radical (unpaired) electrons. The number of hydrogen-bond donors (Lipinski definition) is 2. The molecule has 0 unspecified atom stereocenters. The first-order chi connectivity index (χ1) is 43.7. The van der Waals surface area contributed by atoms with Gasteiger partial charge >= 0.3 is 0 Å². The molecule has 19 nitrogen and oxygen atoms in total. The van der Waals surface area contributed by atoms with Gasteiger partial charge in [-0.3, -0.25) is 48.4 Å². The van der Waals surface area contributed by atoms with E-state index in [9.17, 15) is 28.8 Å². The van der Waals surface area contributed by atoms with E-state index < -0.39 is 12.1 Å². The fourth-order valence-electron chi connectivity index (χ4n) is 12.8. The SMILES string of the molecule is CCCC(=O)NCCC[C@H](c1ccc(OC)c(OC)c1)N1C(=O)c2cccc(N3CCN([C@H](C)c4ccccc4)CC3)c2C1=O.COCC(=O)NCCC[C@H](c1ccc(OC)c(OC)c1)N1C(=O)c2cccc(N3CCN([C@H](C)c4ccccc4)CC3)c2C1=O. The number of fused-ring (bicyclic) bond motifs is 2. The van der Waals surface area contributed by atoms with E-state index in [1.165, 1.54) is 28.0 Å². The molecule has 0 aromatic heterocycles. The first-order valence-electron chi connectivity index (χ1n) is 31.3. The molecule has 6 aromatic carbocycles. The van der Waals surface area contributed by atoms with E-state index in [0.717, 1.165) is 81.3 Å². The van der Waals surface area contributed by atoms with E-state index >= 15 is 0 Å². The summed E-state index contributed by atoms with van der Waals surface area (Å²) < 4.78 is 26.9. The van der Waals surface area contributed by atoms with Crippen LogP contribution in [0.3, 0.4) is 0 Å². The minimum absolute atomic E-state index is 0.00352. The van der Waals surface area contributed by atoms with Crippen molar-refractivity contribution in [1.82, 2.24) is 30.2 Å². The highest BCUT2D eigenvalue weighted by Crippen LogP contribution is 2.43. The van der Waals surface area contributed by atoms with Crippen molar-refractivity contribution >= 4 is 46.8 Å². The van der Waals surface area contributed by atoms with Gasteiger partial charge in [-0.2, -0.15) is 0 Å². The number of carbonyl (C=O) groups is 6. The van der Waals surface area contributed by atoms with Crippen LogP contribution in [-0.4, -0.2) is 163 Å². The number of ether oxygens (including phenoxy) is 5. The molecule has 2 N–H and O–H groups in total. The zero-order valence-electron chi connectivity index (χ0n) is 53.2. The molecular weight excluding hydrogens is 1140 g/mol. The fraction of sp³-hybridized carbons (Fsp3) is 0.408. The average Bonchev–Trinajstić information content (AvgIpc) is 1.61. The van der Waals surface area contributed by atoms with Crippen LogP contribution in [0.1, 0.15) is 147 Å². The van der Waals surface area contributed by atoms with Crippen molar-refractivity contribution in [3.05, 3.63) is 178 Å². The Labute approximate surface area is 529 Å². The highest BCUT2D eigenvalue weighted by molar-refractivity contribution is 6.25. The summed E-state index contributed by atoms with van der Waals surface area (Å²) in [6.07, 6.45) is 3.31. The maximum atomic E-state index is 14.3. The normalized spacial score (nSPS) is 16.4. The van der Waals surface area contributed by atoms with E-state index in [1.54, 1.807) is 52.7 Å². The molecule has 0 saturated carbocycles. The Morgan fingerprint density at radius 3 is 1.23 bits per heavy atom. The van der Waals surface area contributed by atoms with Crippen LogP contribution in [0, 0.1) is 0 Å². The van der Waals surface area contributed by atoms with Gasteiger partial charge in [0.1, 0.15) is 6.61 Å². The van der Waals surface area contributed by atoms with E-state index in [2.05, 4.69) is 92.6 Å². The predicted molar refractivity (Wildman–Crippen MR) is 347 cm³/mol. The lowest BCUT2D eigenvalue weighted by atomic mass is 9.99. The monoisotopic (exact) mass is 1230 g/mol. The first-order valence-corrected chi connectivity index (χ1v) is 31.3. The summed E-state index contributed by atoms with van der Waals surface area (Å²) >= 11 is 0. The number of rotatable bonds is 26. The molecule has 0 spiro atoms. The molecule has 4 atom stereocenters. The van der Waals surface area contributed by atoms with Gasteiger partial charge in [-0.25, -0.2) is 0 Å². The molecule has 476 valence electrons. The highest BCUT2D eigenvalue weighted by atomic mass is 16.5. The van der Waals surface area contributed by atoms with Crippen molar-refractivity contribution in [3.63, 3.8) is 0 Å². The zero-order chi connectivity index (χ0) is 63.8. The minimum atomic E-state index is -0.576. The molecule has 2 saturated heterocycles. The van der Waals surface area contributed by atoms with Crippen LogP contribution in [0.5, 0.6) is 23.0 Å². The van der Waals surface area contributed by atoms with Crippen molar-refractivity contribution in [2.24, 2.45) is 0 Å². The maximum Gasteiger partial charge on any atom is 0.264 e. The van der Waals surface area contributed by atoms with Crippen LogP contribution in [0.2, 0.25) is 0 Å². The van der Waals surface area contributed by atoms with Crippen molar-refractivity contribution in [1.29, 1.82) is 0 Å². The molecule has 10 rings (SSSR count).